The first kappa shape index (κ1) is 13.0. The van der Waals surface area contributed by atoms with Gasteiger partial charge in [0.05, 0.1) is 0 Å². The van der Waals surface area contributed by atoms with Crippen molar-refractivity contribution < 1.29 is 0 Å². The second kappa shape index (κ2) is 5.31. The molecule has 1 fully saturated rings. The van der Waals surface area contributed by atoms with Crippen LogP contribution in [0, 0.1) is 11.8 Å². The molecule has 1 saturated carbocycles. The van der Waals surface area contributed by atoms with Gasteiger partial charge in [0.15, 0.2) is 0 Å². The van der Waals surface area contributed by atoms with Gasteiger partial charge in [-0.1, -0.05) is 34.1 Å². The highest BCUT2D eigenvalue weighted by Crippen LogP contribution is 2.41. The Bertz CT molecular complexity index is 185. The van der Waals surface area contributed by atoms with Gasteiger partial charge in [0.25, 0.3) is 0 Å². The van der Waals surface area contributed by atoms with Crippen molar-refractivity contribution in [3.05, 3.63) is 0 Å². The normalized spacial score (nSPS) is 32.8. The van der Waals surface area contributed by atoms with Crippen LogP contribution in [0.1, 0.15) is 47.0 Å². The van der Waals surface area contributed by atoms with E-state index in [1.165, 1.54) is 25.8 Å². The molecule has 1 atom stereocenters. The molecule has 2 heteroatoms. The monoisotopic (exact) mass is 212 g/mol. The van der Waals surface area contributed by atoms with E-state index < -0.39 is 0 Å². The molecule has 0 aromatic rings. The Hall–Kier alpha value is -0.0800. The first-order valence-corrected chi connectivity index (χ1v) is 6.53. The lowest BCUT2D eigenvalue weighted by Gasteiger charge is -2.53. The molecule has 0 aromatic carbocycles. The molecule has 0 heterocycles. The molecule has 15 heavy (non-hydrogen) atoms. The lowest BCUT2D eigenvalue weighted by atomic mass is 9.67. The number of hydrogen-bond acceptors (Lipinski definition) is 2. The van der Waals surface area contributed by atoms with Crippen molar-refractivity contribution in [3.63, 3.8) is 0 Å². The van der Waals surface area contributed by atoms with E-state index >= 15 is 0 Å². The average molecular weight is 212 g/mol. The summed E-state index contributed by atoms with van der Waals surface area (Å²) in [6.45, 7) is 12.4. The fourth-order valence-electron chi connectivity index (χ4n) is 2.95. The summed E-state index contributed by atoms with van der Waals surface area (Å²) in [5.41, 5.74) is 6.33. The summed E-state index contributed by atoms with van der Waals surface area (Å²) in [7, 11) is 0. The van der Waals surface area contributed by atoms with Gasteiger partial charge in [-0.05, 0) is 31.2 Å². The molecular formula is C13H28N2. The molecule has 0 aromatic heterocycles. The zero-order chi connectivity index (χ0) is 11.5. The maximum atomic E-state index is 5.98. The van der Waals surface area contributed by atoms with Crippen LogP contribution in [0.15, 0.2) is 0 Å². The van der Waals surface area contributed by atoms with Crippen LogP contribution in [0.2, 0.25) is 0 Å². The van der Waals surface area contributed by atoms with Crippen LogP contribution in [-0.4, -0.2) is 30.1 Å². The molecular weight excluding hydrogens is 184 g/mol. The average Bonchev–Trinajstić information content (AvgIpc) is 2.21. The van der Waals surface area contributed by atoms with Crippen LogP contribution in [0.5, 0.6) is 0 Å². The summed E-state index contributed by atoms with van der Waals surface area (Å²) in [4.78, 5) is 2.63. The number of hydrogen-bond donors (Lipinski definition) is 1. The molecule has 1 unspecified atom stereocenters. The maximum absolute atomic E-state index is 5.98. The lowest BCUT2D eigenvalue weighted by molar-refractivity contribution is -0.0176. The van der Waals surface area contributed by atoms with Gasteiger partial charge in [-0.25, -0.2) is 0 Å². The molecule has 2 N–H and O–H groups in total. The van der Waals surface area contributed by atoms with E-state index in [4.69, 9.17) is 5.73 Å². The second-order valence-electron chi connectivity index (χ2n) is 5.49. The molecule has 0 bridgehead atoms. The van der Waals surface area contributed by atoms with Gasteiger partial charge in [0, 0.05) is 18.6 Å². The lowest BCUT2D eigenvalue weighted by Crippen LogP contribution is -2.62. The summed E-state index contributed by atoms with van der Waals surface area (Å²) in [5.74, 6) is 1.67. The molecule has 0 aliphatic heterocycles. The Kier molecular flexibility index (Phi) is 4.60. The largest absolute Gasteiger partial charge is 0.329 e. The first-order chi connectivity index (χ1) is 7.07. The highest BCUT2D eigenvalue weighted by Gasteiger charge is 2.44. The van der Waals surface area contributed by atoms with E-state index in [9.17, 15) is 0 Å². The Morgan fingerprint density at radius 3 is 2.33 bits per heavy atom. The second-order valence-corrected chi connectivity index (χ2v) is 5.49. The van der Waals surface area contributed by atoms with Crippen molar-refractivity contribution in [3.8, 4) is 0 Å². The molecule has 0 saturated heterocycles. The van der Waals surface area contributed by atoms with Gasteiger partial charge in [-0.3, -0.25) is 4.90 Å². The molecule has 1 aliphatic carbocycles. The molecule has 1 aliphatic rings. The van der Waals surface area contributed by atoms with E-state index in [0.717, 1.165) is 24.9 Å². The van der Waals surface area contributed by atoms with Crippen LogP contribution in [0.3, 0.4) is 0 Å². The third-order valence-electron chi connectivity index (χ3n) is 4.12. The highest BCUT2D eigenvalue weighted by atomic mass is 15.2. The topological polar surface area (TPSA) is 29.3 Å². The minimum absolute atomic E-state index is 0.345. The smallest absolute Gasteiger partial charge is 0.0336 e. The van der Waals surface area contributed by atoms with Gasteiger partial charge in [-0.2, -0.15) is 0 Å². The van der Waals surface area contributed by atoms with Crippen molar-refractivity contribution in [1.29, 1.82) is 0 Å². The fourth-order valence-corrected chi connectivity index (χ4v) is 2.95. The standard InChI is InChI=1S/C13H28N2/c1-5-11(3)9-15(6-2)13(10-14)7-12(4)8-13/h11-12H,5-10,14H2,1-4H3. The van der Waals surface area contributed by atoms with Crippen molar-refractivity contribution in [2.24, 2.45) is 17.6 Å². The number of nitrogens with two attached hydrogens (primary N) is 1. The Labute approximate surface area is 95.2 Å². The number of rotatable bonds is 6. The zero-order valence-corrected chi connectivity index (χ0v) is 10.9. The highest BCUT2D eigenvalue weighted by molar-refractivity contribution is 5.02. The van der Waals surface area contributed by atoms with Gasteiger partial charge >= 0.3 is 0 Å². The van der Waals surface area contributed by atoms with E-state index in [1.54, 1.807) is 0 Å². The molecule has 0 radical (unpaired) electrons. The zero-order valence-electron chi connectivity index (χ0n) is 10.9. The third kappa shape index (κ3) is 2.73. The Balaban J connectivity index is 2.56. The Morgan fingerprint density at radius 1 is 1.40 bits per heavy atom. The fraction of sp³-hybridized carbons (Fsp3) is 1.00. The quantitative estimate of drug-likeness (QED) is 0.733. The van der Waals surface area contributed by atoms with E-state index in [-0.39, 0.29) is 0 Å². The third-order valence-corrected chi connectivity index (χ3v) is 4.12. The Morgan fingerprint density at radius 2 is 2.00 bits per heavy atom. The van der Waals surface area contributed by atoms with Gasteiger partial charge in [0.1, 0.15) is 0 Å². The predicted octanol–water partition coefficient (Wildman–Crippen LogP) is 2.48. The summed E-state index contributed by atoms with van der Waals surface area (Å²) in [5, 5.41) is 0. The number of likely N-dealkylation sites (N-methyl/N-ethyl adjacent to an activating group) is 1. The van der Waals surface area contributed by atoms with Crippen molar-refractivity contribution in [1.82, 2.24) is 4.90 Å². The van der Waals surface area contributed by atoms with Gasteiger partial charge in [-0.15, -0.1) is 0 Å². The predicted molar refractivity (Wildman–Crippen MR) is 66.9 cm³/mol. The summed E-state index contributed by atoms with van der Waals surface area (Å²) in [6.07, 6.45) is 3.87. The minimum atomic E-state index is 0.345. The van der Waals surface area contributed by atoms with Crippen LogP contribution in [-0.2, 0) is 0 Å². The summed E-state index contributed by atoms with van der Waals surface area (Å²) < 4.78 is 0. The van der Waals surface area contributed by atoms with Crippen LogP contribution < -0.4 is 5.73 Å². The molecule has 1 rings (SSSR count). The SMILES string of the molecule is CCC(C)CN(CC)C1(CN)CC(C)C1. The minimum Gasteiger partial charge on any atom is -0.329 e. The van der Waals surface area contributed by atoms with Crippen molar-refractivity contribution >= 4 is 0 Å². The van der Waals surface area contributed by atoms with E-state index in [0.29, 0.717) is 5.54 Å². The summed E-state index contributed by atoms with van der Waals surface area (Å²) >= 11 is 0. The van der Waals surface area contributed by atoms with E-state index in [1.807, 2.05) is 0 Å². The van der Waals surface area contributed by atoms with Crippen LogP contribution >= 0.6 is 0 Å². The van der Waals surface area contributed by atoms with Gasteiger partial charge < -0.3 is 5.73 Å². The van der Waals surface area contributed by atoms with Crippen molar-refractivity contribution in [2.75, 3.05) is 19.6 Å². The van der Waals surface area contributed by atoms with Gasteiger partial charge in [0.2, 0.25) is 0 Å². The van der Waals surface area contributed by atoms with Crippen molar-refractivity contribution in [2.45, 2.75) is 52.5 Å². The van der Waals surface area contributed by atoms with Crippen LogP contribution in [0.4, 0.5) is 0 Å². The maximum Gasteiger partial charge on any atom is 0.0336 e. The van der Waals surface area contributed by atoms with E-state index in [2.05, 4.69) is 32.6 Å². The molecule has 0 amide bonds. The van der Waals surface area contributed by atoms with Crippen LogP contribution in [0.25, 0.3) is 0 Å². The molecule has 2 nitrogen and oxygen atoms in total. The summed E-state index contributed by atoms with van der Waals surface area (Å²) in [6, 6.07) is 0. The molecule has 90 valence electrons. The molecule has 0 spiro atoms. The first-order valence-electron chi connectivity index (χ1n) is 6.53. The number of nitrogens with zero attached hydrogens (tertiary/aromatic N) is 1.